The number of esters is 1. The minimum Gasteiger partial charge on any atom is -0.461 e. The number of nitrogens with one attached hydrogen (secondary N) is 2. The van der Waals surface area contributed by atoms with E-state index in [-0.39, 0.29) is 5.91 Å². The predicted molar refractivity (Wildman–Crippen MR) is 91.0 cm³/mol. The van der Waals surface area contributed by atoms with Crippen molar-refractivity contribution in [1.29, 1.82) is 0 Å². The molecule has 0 saturated carbocycles. The van der Waals surface area contributed by atoms with Crippen LogP contribution in [-0.4, -0.2) is 54.5 Å². The number of aryl methyl sites for hydroxylation is 1. The number of aromatic amines is 1. The predicted octanol–water partition coefficient (Wildman–Crippen LogP) is 2.27. The highest BCUT2D eigenvalue weighted by molar-refractivity contribution is 6.01. The zero-order valence-electron chi connectivity index (χ0n) is 14.9. The lowest BCUT2D eigenvalue weighted by atomic mass is 10.1. The summed E-state index contributed by atoms with van der Waals surface area (Å²) in [6.45, 7) is 13.5. The van der Waals surface area contributed by atoms with E-state index in [9.17, 15) is 9.59 Å². The van der Waals surface area contributed by atoms with E-state index in [0.29, 0.717) is 35.7 Å². The summed E-state index contributed by atoms with van der Waals surface area (Å²) in [6, 6.07) is 0. The van der Waals surface area contributed by atoms with Crippen molar-refractivity contribution in [2.45, 2.75) is 41.0 Å². The Labute approximate surface area is 138 Å². The largest absolute Gasteiger partial charge is 0.461 e. The molecule has 0 aliphatic heterocycles. The first-order valence-corrected chi connectivity index (χ1v) is 8.32. The van der Waals surface area contributed by atoms with Crippen LogP contribution in [0.3, 0.4) is 0 Å². The van der Waals surface area contributed by atoms with Crippen LogP contribution in [0.1, 0.15) is 59.3 Å². The van der Waals surface area contributed by atoms with Gasteiger partial charge in [0, 0.05) is 12.2 Å². The van der Waals surface area contributed by atoms with Gasteiger partial charge in [0.2, 0.25) is 0 Å². The molecule has 6 heteroatoms. The lowest BCUT2D eigenvalue weighted by Crippen LogP contribution is -2.30. The molecule has 6 nitrogen and oxygen atoms in total. The molecule has 0 radical (unpaired) electrons. The van der Waals surface area contributed by atoms with E-state index >= 15 is 0 Å². The number of carbonyl (C=O) groups excluding carboxylic acids is 2. The molecule has 0 aliphatic carbocycles. The van der Waals surface area contributed by atoms with Crippen molar-refractivity contribution in [3.8, 4) is 0 Å². The van der Waals surface area contributed by atoms with Gasteiger partial charge in [-0.1, -0.05) is 13.8 Å². The fourth-order valence-corrected chi connectivity index (χ4v) is 2.63. The third-order valence-corrected chi connectivity index (χ3v) is 3.98. The number of H-pyrrole nitrogens is 1. The van der Waals surface area contributed by atoms with Gasteiger partial charge in [0.05, 0.1) is 12.2 Å². The number of aromatic nitrogens is 1. The number of ether oxygens (including phenoxy) is 1. The maximum absolute atomic E-state index is 12.4. The molecule has 130 valence electrons. The Morgan fingerprint density at radius 3 is 2.39 bits per heavy atom. The first-order chi connectivity index (χ1) is 11.0. The van der Waals surface area contributed by atoms with E-state index in [1.165, 1.54) is 0 Å². The molecule has 1 aromatic rings. The molecule has 1 rings (SSSR count). The Morgan fingerprint density at radius 1 is 1.17 bits per heavy atom. The number of amides is 1. The standard InChI is InChI=1S/C17H29N3O3/c1-6-20(7-2)11-9-10-18-16(21)14-12(4)15(19-13(14)5)17(22)23-8-3/h19H,6-11H2,1-5H3,(H,18,21). The van der Waals surface area contributed by atoms with Gasteiger partial charge in [-0.2, -0.15) is 0 Å². The van der Waals surface area contributed by atoms with Gasteiger partial charge in [-0.15, -0.1) is 0 Å². The molecule has 0 aliphatic rings. The monoisotopic (exact) mass is 323 g/mol. The first kappa shape index (κ1) is 19.2. The van der Waals surface area contributed by atoms with Gasteiger partial charge in [0.25, 0.3) is 5.91 Å². The molecular formula is C17H29N3O3. The topological polar surface area (TPSA) is 74.4 Å². The molecule has 1 aromatic heterocycles. The molecule has 0 aromatic carbocycles. The minimum atomic E-state index is -0.423. The van der Waals surface area contributed by atoms with Crippen LogP contribution in [0, 0.1) is 13.8 Å². The van der Waals surface area contributed by atoms with E-state index in [1.807, 2.05) is 0 Å². The maximum atomic E-state index is 12.4. The summed E-state index contributed by atoms with van der Waals surface area (Å²) in [5.74, 6) is -0.569. The Hall–Kier alpha value is -1.82. The van der Waals surface area contributed by atoms with Crippen molar-refractivity contribution in [3.05, 3.63) is 22.5 Å². The lowest BCUT2D eigenvalue weighted by molar-refractivity contribution is 0.0519. The molecule has 1 heterocycles. The molecular weight excluding hydrogens is 294 g/mol. The van der Waals surface area contributed by atoms with E-state index < -0.39 is 5.97 Å². The normalized spacial score (nSPS) is 10.9. The highest BCUT2D eigenvalue weighted by Crippen LogP contribution is 2.18. The van der Waals surface area contributed by atoms with E-state index in [4.69, 9.17) is 4.74 Å². The van der Waals surface area contributed by atoms with E-state index in [0.717, 1.165) is 26.1 Å². The van der Waals surface area contributed by atoms with Crippen molar-refractivity contribution in [1.82, 2.24) is 15.2 Å². The number of carbonyl (C=O) groups is 2. The second-order valence-electron chi connectivity index (χ2n) is 5.48. The van der Waals surface area contributed by atoms with Gasteiger partial charge in [0.15, 0.2) is 0 Å². The highest BCUT2D eigenvalue weighted by atomic mass is 16.5. The molecule has 0 saturated heterocycles. The van der Waals surface area contributed by atoms with Gasteiger partial charge in [0.1, 0.15) is 5.69 Å². The summed E-state index contributed by atoms with van der Waals surface area (Å²) in [4.78, 5) is 29.5. The second-order valence-corrected chi connectivity index (χ2v) is 5.48. The maximum Gasteiger partial charge on any atom is 0.355 e. The molecule has 23 heavy (non-hydrogen) atoms. The zero-order valence-corrected chi connectivity index (χ0v) is 14.9. The van der Waals surface area contributed by atoms with E-state index in [1.54, 1.807) is 20.8 Å². The van der Waals surface area contributed by atoms with Gasteiger partial charge >= 0.3 is 5.97 Å². The number of hydrogen-bond acceptors (Lipinski definition) is 4. The average Bonchev–Trinajstić information content (AvgIpc) is 2.82. The molecule has 0 spiro atoms. The molecule has 0 unspecified atom stereocenters. The summed E-state index contributed by atoms with van der Waals surface area (Å²) in [5.41, 5.74) is 2.22. The van der Waals surface area contributed by atoms with Crippen molar-refractivity contribution in [2.75, 3.05) is 32.8 Å². The molecule has 0 fully saturated rings. The second kappa shape index (κ2) is 9.35. The van der Waals surface area contributed by atoms with Crippen molar-refractivity contribution < 1.29 is 14.3 Å². The number of rotatable bonds is 9. The Kier molecular flexibility index (Phi) is 7.81. The summed E-state index contributed by atoms with van der Waals surface area (Å²) >= 11 is 0. The lowest BCUT2D eigenvalue weighted by Gasteiger charge is -2.17. The van der Waals surface area contributed by atoms with E-state index in [2.05, 4.69) is 29.0 Å². The third kappa shape index (κ3) is 5.10. The van der Waals surface area contributed by atoms with Crippen molar-refractivity contribution in [3.63, 3.8) is 0 Å². The minimum absolute atomic E-state index is 0.147. The highest BCUT2D eigenvalue weighted by Gasteiger charge is 2.22. The number of hydrogen-bond donors (Lipinski definition) is 2. The molecule has 2 N–H and O–H groups in total. The van der Waals surface area contributed by atoms with Crippen LogP contribution in [-0.2, 0) is 4.74 Å². The van der Waals surface area contributed by atoms with Gasteiger partial charge < -0.3 is 19.9 Å². The quantitative estimate of drug-likeness (QED) is 0.540. The fourth-order valence-electron chi connectivity index (χ4n) is 2.63. The zero-order chi connectivity index (χ0) is 17.4. The van der Waals surface area contributed by atoms with Gasteiger partial charge in [-0.05, 0) is 52.4 Å². The summed E-state index contributed by atoms with van der Waals surface area (Å²) in [6.07, 6.45) is 0.903. The van der Waals surface area contributed by atoms with Crippen LogP contribution >= 0.6 is 0 Å². The number of nitrogens with zero attached hydrogens (tertiary/aromatic N) is 1. The van der Waals surface area contributed by atoms with Crippen LogP contribution in [0.4, 0.5) is 0 Å². The van der Waals surface area contributed by atoms with Gasteiger partial charge in [-0.3, -0.25) is 4.79 Å². The third-order valence-electron chi connectivity index (χ3n) is 3.98. The van der Waals surface area contributed by atoms with Gasteiger partial charge in [-0.25, -0.2) is 4.79 Å². The SMILES string of the molecule is CCOC(=O)c1[nH]c(C)c(C(=O)NCCCN(CC)CC)c1C. The summed E-state index contributed by atoms with van der Waals surface area (Å²) in [7, 11) is 0. The summed E-state index contributed by atoms with van der Waals surface area (Å²) in [5, 5.41) is 2.93. The van der Waals surface area contributed by atoms with Crippen LogP contribution in [0.2, 0.25) is 0 Å². The Bertz CT molecular complexity index is 533. The fraction of sp³-hybridized carbons (Fsp3) is 0.647. The molecule has 0 atom stereocenters. The Morgan fingerprint density at radius 2 is 1.83 bits per heavy atom. The molecule has 1 amide bonds. The van der Waals surface area contributed by atoms with Crippen LogP contribution in [0.25, 0.3) is 0 Å². The van der Waals surface area contributed by atoms with Crippen molar-refractivity contribution in [2.24, 2.45) is 0 Å². The average molecular weight is 323 g/mol. The molecule has 0 bridgehead atoms. The van der Waals surface area contributed by atoms with Crippen molar-refractivity contribution >= 4 is 11.9 Å². The summed E-state index contributed by atoms with van der Waals surface area (Å²) < 4.78 is 5.00. The first-order valence-electron chi connectivity index (χ1n) is 8.32. The van der Waals surface area contributed by atoms with Crippen LogP contribution < -0.4 is 5.32 Å². The smallest absolute Gasteiger partial charge is 0.355 e. The van der Waals surface area contributed by atoms with Crippen LogP contribution in [0.5, 0.6) is 0 Å². The van der Waals surface area contributed by atoms with Crippen LogP contribution in [0.15, 0.2) is 0 Å². The Balaban J connectivity index is 2.65.